The lowest BCUT2D eigenvalue weighted by molar-refractivity contribution is 0.153. The molecule has 0 bridgehead atoms. The van der Waals surface area contributed by atoms with Crippen LogP contribution in [-0.4, -0.2) is 0 Å². The van der Waals surface area contributed by atoms with Crippen molar-refractivity contribution in [2.75, 3.05) is 0 Å². The van der Waals surface area contributed by atoms with Crippen LogP contribution in [0.3, 0.4) is 0 Å². The molecule has 0 radical (unpaired) electrons. The Hall–Kier alpha value is 0. The maximum Gasteiger partial charge on any atom is -0.0358 e. The van der Waals surface area contributed by atoms with Crippen LogP contribution in [0.1, 0.15) is 85.0 Å². The fourth-order valence-electron chi connectivity index (χ4n) is 3.84. The first-order chi connectivity index (χ1) is 7.83. The molecule has 1 rings (SSSR count). The highest BCUT2D eigenvalue weighted by Gasteiger charge is 2.28. The Morgan fingerprint density at radius 3 is 2.00 bits per heavy atom. The molecule has 0 aromatic carbocycles. The van der Waals surface area contributed by atoms with Crippen molar-refractivity contribution < 1.29 is 0 Å². The highest BCUT2D eigenvalue weighted by atomic mass is 14.3. The van der Waals surface area contributed by atoms with Crippen LogP contribution in [0.5, 0.6) is 0 Å². The van der Waals surface area contributed by atoms with Gasteiger partial charge in [0.2, 0.25) is 0 Å². The van der Waals surface area contributed by atoms with Crippen LogP contribution in [0, 0.1) is 17.8 Å². The van der Waals surface area contributed by atoms with Crippen LogP contribution in [0.15, 0.2) is 0 Å². The lowest BCUT2D eigenvalue weighted by Gasteiger charge is -2.35. The minimum absolute atomic E-state index is 1.02. The zero-order valence-electron chi connectivity index (χ0n) is 11.8. The second-order valence-electron chi connectivity index (χ2n) is 5.81. The van der Waals surface area contributed by atoms with E-state index in [1.54, 1.807) is 0 Å². The van der Waals surface area contributed by atoms with Gasteiger partial charge < -0.3 is 0 Å². The van der Waals surface area contributed by atoms with E-state index in [0.717, 1.165) is 17.8 Å². The van der Waals surface area contributed by atoms with E-state index in [2.05, 4.69) is 20.8 Å². The minimum atomic E-state index is 1.02. The van der Waals surface area contributed by atoms with Gasteiger partial charge in [-0.1, -0.05) is 85.0 Å². The lowest BCUT2D eigenvalue weighted by Crippen LogP contribution is -2.25. The number of hydrogen-bond donors (Lipinski definition) is 0. The Balaban J connectivity index is 2.54. The standard InChI is InChI=1S/C16H32/c1-4-10-14(6-3)16(11-5-2)15-12-8-7-9-13-15/h14-16H,4-13H2,1-3H3. The minimum Gasteiger partial charge on any atom is -0.0654 e. The van der Waals surface area contributed by atoms with Gasteiger partial charge in [0, 0.05) is 0 Å². The van der Waals surface area contributed by atoms with Crippen LogP contribution in [0.4, 0.5) is 0 Å². The molecule has 0 nitrogen and oxygen atoms in total. The van der Waals surface area contributed by atoms with Gasteiger partial charge >= 0.3 is 0 Å². The maximum absolute atomic E-state index is 2.41. The average molecular weight is 224 g/mol. The van der Waals surface area contributed by atoms with E-state index in [1.807, 2.05) is 0 Å². The molecule has 16 heavy (non-hydrogen) atoms. The van der Waals surface area contributed by atoms with Crippen molar-refractivity contribution >= 4 is 0 Å². The largest absolute Gasteiger partial charge is 0.0654 e. The van der Waals surface area contributed by atoms with Gasteiger partial charge in [0.1, 0.15) is 0 Å². The summed E-state index contributed by atoms with van der Waals surface area (Å²) in [6.45, 7) is 7.13. The molecule has 0 aliphatic heterocycles. The lowest BCUT2D eigenvalue weighted by atomic mass is 9.70. The van der Waals surface area contributed by atoms with Gasteiger partial charge in [-0.15, -0.1) is 0 Å². The zero-order chi connectivity index (χ0) is 11.8. The van der Waals surface area contributed by atoms with Crippen molar-refractivity contribution in [3.63, 3.8) is 0 Å². The summed E-state index contributed by atoms with van der Waals surface area (Å²) < 4.78 is 0. The predicted octanol–water partition coefficient (Wildman–Crippen LogP) is 5.81. The van der Waals surface area contributed by atoms with Crippen LogP contribution in [-0.2, 0) is 0 Å². The van der Waals surface area contributed by atoms with Crippen molar-refractivity contribution in [2.45, 2.75) is 85.0 Å². The van der Waals surface area contributed by atoms with Gasteiger partial charge in [-0.05, 0) is 17.8 Å². The van der Waals surface area contributed by atoms with E-state index < -0.39 is 0 Å². The quantitative estimate of drug-likeness (QED) is 0.512. The van der Waals surface area contributed by atoms with Crippen molar-refractivity contribution in [1.82, 2.24) is 0 Å². The Labute approximate surface area is 103 Å². The van der Waals surface area contributed by atoms with Gasteiger partial charge in [0.15, 0.2) is 0 Å². The third kappa shape index (κ3) is 4.11. The monoisotopic (exact) mass is 224 g/mol. The second-order valence-corrected chi connectivity index (χ2v) is 5.81. The predicted molar refractivity (Wildman–Crippen MR) is 73.7 cm³/mol. The molecular formula is C16H32. The molecule has 0 saturated heterocycles. The number of hydrogen-bond acceptors (Lipinski definition) is 0. The summed E-state index contributed by atoms with van der Waals surface area (Å²) in [5.41, 5.74) is 0. The van der Waals surface area contributed by atoms with Gasteiger partial charge in [-0.3, -0.25) is 0 Å². The summed E-state index contributed by atoms with van der Waals surface area (Å²) >= 11 is 0. The summed E-state index contributed by atoms with van der Waals surface area (Å²) in [6, 6.07) is 0. The molecule has 96 valence electrons. The molecule has 0 aromatic heterocycles. The molecule has 0 N–H and O–H groups in total. The topological polar surface area (TPSA) is 0 Å². The Morgan fingerprint density at radius 1 is 0.875 bits per heavy atom. The third-order valence-electron chi connectivity index (χ3n) is 4.67. The molecule has 1 aliphatic rings. The molecule has 1 fully saturated rings. The van der Waals surface area contributed by atoms with E-state index in [4.69, 9.17) is 0 Å². The molecule has 0 spiro atoms. The summed E-state index contributed by atoms with van der Waals surface area (Å²) in [7, 11) is 0. The Kier molecular flexibility index (Phi) is 7.16. The molecular weight excluding hydrogens is 192 g/mol. The van der Waals surface area contributed by atoms with Crippen molar-refractivity contribution in [2.24, 2.45) is 17.8 Å². The molecule has 0 heterocycles. The molecule has 1 aliphatic carbocycles. The fraction of sp³-hybridized carbons (Fsp3) is 1.00. The molecule has 0 aromatic rings. The number of rotatable bonds is 7. The van der Waals surface area contributed by atoms with Crippen LogP contribution >= 0.6 is 0 Å². The summed E-state index contributed by atoms with van der Waals surface area (Å²) in [6.07, 6.45) is 14.7. The smallest absolute Gasteiger partial charge is 0.0358 e. The first-order valence-electron chi connectivity index (χ1n) is 7.83. The van der Waals surface area contributed by atoms with Crippen molar-refractivity contribution in [3.05, 3.63) is 0 Å². The van der Waals surface area contributed by atoms with Crippen LogP contribution in [0.25, 0.3) is 0 Å². The summed E-state index contributed by atoms with van der Waals surface area (Å²) in [4.78, 5) is 0. The summed E-state index contributed by atoms with van der Waals surface area (Å²) in [5.74, 6) is 3.15. The maximum atomic E-state index is 2.41. The fourth-order valence-corrected chi connectivity index (χ4v) is 3.84. The van der Waals surface area contributed by atoms with Gasteiger partial charge in [-0.25, -0.2) is 0 Å². The first kappa shape index (κ1) is 14.1. The van der Waals surface area contributed by atoms with E-state index >= 15 is 0 Å². The van der Waals surface area contributed by atoms with Gasteiger partial charge in [-0.2, -0.15) is 0 Å². The highest BCUT2D eigenvalue weighted by Crippen LogP contribution is 2.39. The first-order valence-corrected chi connectivity index (χ1v) is 7.83. The van der Waals surface area contributed by atoms with Gasteiger partial charge in [0.25, 0.3) is 0 Å². The molecule has 0 heteroatoms. The highest BCUT2D eigenvalue weighted by molar-refractivity contribution is 4.79. The zero-order valence-corrected chi connectivity index (χ0v) is 11.8. The van der Waals surface area contributed by atoms with Crippen LogP contribution in [0.2, 0.25) is 0 Å². The van der Waals surface area contributed by atoms with E-state index in [0.29, 0.717) is 0 Å². The molecule has 2 atom stereocenters. The van der Waals surface area contributed by atoms with E-state index in [9.17, 15) is 0 Å². The Morgan fingerprint density at radius 2 is 1.50 bits per heavy atom. The average Bonchev–Trinajstić information content (AvgIpc) is 2.35. The Bertz CT molecular complexity index is 151. The van der Waals surface area contributed by atoms with Crippen molar-refractivity contribution in [3.8, 4) is 0 Å². The molecule has 2 unspecified atom stereocenters. The van der Waals surface area contributed by atoms with E-state index in [1.165, 1.54) is 64.2 Å². The second kappa shape index (κ2) is 8.14. The normalized spacial score (nSPS) is 21.9. The van der Waals surface area contributed by atoms with E-state index in [-0.39, 0.29) is 0 Å². The molecule has 1 saturated carbocycles. The SMILES string of the molecule is CCCC(CC)C(CCC)C1CCCCC1. The van der Waals surface area contributed by atoms with Crippen LogP contribution < -0.4 is 0 Å². The van der Waals surface area contributed by atoms with Crippen molar-refractivity contribution in [1.29, 1.82) is 0 Å². The third-order valence-corrected chi connectivity index (χ3v) is 4.67. The molecule has 0 amide bonds. The van der Waals surface area contributed by atoms with Gasteiger partial charge in [0.05, 0.1) is 0 Å². The summed E-state index contributed by atoms with van der Waals surface area (Å²) in [5, 5.41) is 0.